The molecule has 0 aliphatic carbocycles. The average molecular weight is 237 g/mol. The summed E-state index contributed by atoms with van der Waals surface area (Å²) in [6.45, 7) is 0. The minimum absolute atomic E-state index is 0.100. The van der Waals surface area contributed by atoms with Gasteiger partial charge in [0.15, 0.2) is 0 Å². The Morgan fingerprint density at radius 3 is 2.88 bits per heavy atom. The predicted molar refractivity (Wildman–Crippen MR) is 58.0 cm³/mol. The Bertz CT molecular complexity index is 607. The number of hydrogen-bond donors (Lipinski definition) is 0. The van der Waals surface area contributed by atoms with Crippen molar-refractivity contribution >= 4 is 22.5 Å². The van der Waals surface area contributed by atoms with Crippen molar-refractivity contribution in [1.29, 1.82) is 5.26 Å². The van der Waals surface area contributed by atoms with Crippen LogP contribution in [0.5, 0.6) is 5.75 Å². The number of benzene rings is 1. The topological polar surface area (TPSA) is 45.9 Å². The van der Waals surface area contributed by atoms with Gasteiger partial charge in [-0.2, -0.15) is 5.26 Å². The molecular formula is C11H6ClFN2O. The predicted octanol–water partition coefficient (Wildman–Crippen LogP) is 2.91. The van der Waals surface area contributed by atoms with Gasteiger partial charge < -0.3 is 4.74 Å². The second-order valence-corrected chi connectivity index (χ2v) is 3.45. The van der Waals surface area contributed by atoms with Crippen LogP contribution in [0.2, 0.25) is 5.02 Å². The van der Waals surface area contributed by atoms with Gasteiger partial charge in [-0.05, 0) is 12.1 Å². The van der Waals surface area contributed by atoms with Crippen LogP contribution < -0.4 is 4.74 Å². The summed E-state index contributed by atoms with van der Waals surface area (Å²) in [5, 5.41) is 9.28. The lowest BCUT2D eigenvalue weighted by atomic mass is 10.1. The first-order valence-electron chi connectivity index (χ1n) is 4.40. The molecule has 5 heteroatoms. The van der Waals surface area contributed by atoms with E-state index >= 15 is 0 Å². The number of ether oxygens (including phenoxy) is 1. The molecule has 0 fully saturated rings. The zero-order valence-electron chi connectivity index (χ0n) is 8.29. The first-order valence-corrected chi connectivity index (χ1v) is 4.77. The Hall–Kier alpha value is -1.86. The number of nitriles is 1. The molecule has 16 heavy (non-hydrogen) atoms. The Labute approximate surface area is 96.0 Å². The summed E-state index contributed by atoms with van der Waals surface area (Å²) in [6.07, 6.45) is 1.24. The highest BCUT2D eigenvalue weighted by atomic mass is 35.5. The molecule has 0 bridgehead atoms. The molecule has 1 aromatic heterocycles. The van der Waals surface area contributed by atoms with Crippen molar-refractivity contribution < 1.29 is 9.13 Å². The van der Waals surface area contributed by atoms with Crippen molar-refractivity contribution in [3.63, 3.8) is 0 Å². The van der Waals surface area contributed by atoms with Crippen LogP contribution in [-0.2, 0) is 0 Å². The van der Waals surface area contributed by atoms with E-state index < -0.39 is 5.82 Å². The fourth-order valence-corrected chi connectivity index (χ4v) is 1.73. The first kappa shape index (κ1) is 10.7. The third kappa shape index (κ3) is 1.46. The minimum atomic E-state index is -0.498. The zero-order valence-corrected chi connectivity index (χ0v) is 9.05. The first-order chi connectivity index (χ1) is 7.69. The van der Waals surface area contributed by atoms with Crippen LogP contribution in [0.4, 0.5) is 4.39 Å². The summed E-state index contributed by atoms with van der Waals surface area (Å²) in [6, 6.07) is 4.58. The summed E-state index contributed by atoms with van der Waals surface area (Å²) < 4.78 is 18.5. The molecule has 3 nitrogen and oxygen atoms in total. The summed E-state index contributed by atoms with van der Waals surface area (Å²) in [5.74, 6) is -0.104. The Kier molecular flexibility index (Phi) is 2.63. The van der Waals surface area contributed by atoms with Crippen molar-refractivity contribution in [1.82, 2.24) is 4.98 Å². The second-order valence-electron chi connectivity index (χ2n) is 3.07. The molecule has 0 N–H and O–H groups in total. The highest BCUT2D eigenvalue weighted by molar-refractivity contribution is 6.37. The maximum Gasteiger partial charge on any atom is 0.149 e. The monoisotopic (exact) mass is 236 g/mol. The van der Waals surface area contributed by atoms with Gasteiger partial charge in [-0.15, -0.1) is 0 Å². The van der Waals surface area contributed by atoms with Crippen LogP contribution in [0.3, 0.4) is 0 Å². The van der Waals surface area contributed by atoms with Crippen LogP contribution in [0.25, 0.3) is 10.9 Å². The number of pyridine rings is 1. The number of halogens is 2. The molecule has 0 unspecified atom stereocenters. The molecule has 0 saturated carbocycles. The molecule has 2 rings (SSSR count). The van der Waals surface area contributed by atoms with E-state index in [1.165, 1.54) is 25.4 Å². The minimum Gasteiger partial charge on any atom is -0.496 e. The van der Waals surface area contributed by atoms with Crippen molar-refractivity contribution in [2.24, 2.45) is 0 Å². The molecule has 0 saturated heterocycles. The molecule has 0 atom stereocenters. The maximum absolute atomic E-state index is 13.5. The van der Waals surface area contributed by atoms with Crippen LogP contribution in [0.1, 0.15) is 5.56 Å². The van der Waals surface area contributed by atoms with E-state index in [0.717, 1.165) is 0 Å². The normalized spacial score (nSPS) is 10.1. The number of aromatic nitrogens is 1. The number of methoxy groups -OCH3 is 1. The Morgan fingerprint density at radius 1 is 1.50 bits per heavy atom. The van der Waals surface area contributed by atoms with Crippen molar-refractivity contribution in [3.05, 3.63) is 34.7 Å². The van der Waals surface area contributed by atoms with Gasteiger partial charge in [-0.25, -0.2) is 4.39 Å². The van der Waals surface area contributed by atoms with Gasteiger partial charge in [0, 0.05) is 6.20 Å². The second kappa shape index (κ2) is 3.95. The maximum atomic E-state index is 13.5. The van der Waals surface area contributed by atoms with E-state index in [0.29, 0.717) is 11.1 Å². The summed E-state index contributed by atoms with van der Waals surface area (Å²) in [7, 11) is 1.45. The lowest BCUT2D eigenvalue weighted by Gasteiger charge is -2.07. The van der Waals surface area contributed by atoms with Crippen LogP contribution in [0, 0.1) is 17.1 Å². The average Bonchev–Trinajstić information content (AvgIpc) is 2.31. The molecule has 1 heterocycles. The highest BCUT2D eigenvalue weighted by Crippen LogP contribution is 2.34. The molecule has 0 amide bonds. The summed E-state index contributed by atoms with van der Waals surface area (Å²) >= 11 is 5.99. The van der Waals surface area contributed by atoms with Gasteiger partial charge in [0.2, 0.25) is 0 Å². The third-order valence-corrected chi connectivity index (χ3v) is 2.60. The largest absolute Gasteiger partial charge is 0.496 e. The van der Waals surface area contributed by atoms with E-state index in [-0.39, 0.29) is 16.1 Å². The van der Waals surface area contributed by atoms with Gasteiger partial charge in [-0.3, -0.25) is 4.98 Å². The van der Waals surface area contributed by atoms with E-state index in [1.54, 1.807) is 0 Å². The third-order valence-electron chi connectivity index (χ3n) is 2.21. The molecule has 80 valence electrons. The van der Waals surface area contributed by atoms with E-state index in [1.807, 2.05) is 6.07 Å². The number of hydrogen-bond acceptors (Lipinski definition) is 3. The SMILES string of the molecule is COc1ccc(F)c2ncc(C#N)c(Cl)c12. The summed E-state index contributed by atoms with van der Waals surface area (Å²) in [5.41, 5.74) is 0.293. The van der Waals surface area contributed by atoms with Crippen LogP contribution >= 0.6 is 11.6 Å². The fourth-order valence-electron chi connectivity index (χ4n) is 1.45. The highest BCUT2D eigenvalue weighted by Gasteiger charge is 2.14. The quantitative estimate of drug-likeness (QED) is 0.765. The van der Waals surface area contributed by atoms with Crippen molar-refractivity contribution in [3.8, 4) is 11.8 Å². The fraction of sp³-hybridized carbons (Fsp3) is 0.0909. The van der Waals surface area contributed by atoms with Gasteiger partial charge in [0.1, 0.15) is 23.2 Å². The Balaban J connectivity index is 2.96. The lowest BCUT2D eigenvalue weighted by molar-refractivity contribution is 0.419. The molecule has 0 spiro atoms. The van der Waals surface area contributed by atoms with Gasteiger partial charge in [0.05, 0.1) is 23.1 Å². The molecule has 1 aromatic carbocycles. The number of rotatable bonds is 1. The van der Waals surface area contributed by atoms with E-state index in [4.69, 9.17) is 21.6 Å². The van der Waals surface area contributed by atoms with Crippen LogP contribution in [0.15, 0.2) is 18.3 Å². The van der Waals surface area contributed by atoms with Crippen molar-refractivity contribution in [2.75, 3.05) is 7.11 Å². The van der Waals surface area contributed by atoms with Gasteiger partial charge >= 0.3 is 0 Å². The van der Waals surface area contributed by atoms with Crippen molar-refractivity contribution in [2.45, 2.75) is 0 Å². The van der Waals surface area contributed by atoms with Gasteiger partial charge in [-0.1, -0.05) is 11.6 Å². The molecular weight excluding hydrogens is 231 g/mol. The number of fused-ring (bicyclic) bond motifs is 1. The number of nitrogens with zero attached hydrogens (tertiary/aromatic N) is 2. The molecule has 0 aliphatic heterocycles. The Morgan fingerprint density at radius 2 is 2.25 bits per heavy atom. The molecule has 2 aromatic rings. The summed E-state index contributed by atoms with van der Waals surface area (Å²) in [4.78, 5) is 3.86. The smallest absolute Gasteiger partial charge is 0.149 e. The van der Waals surface area contributed by atoms with E-state index in [9.17, 15) is 4.39 Å². The van der Waals surface area contributed by atoms with E-state index in [2.05, 4.69) is 4.98 Å². The van der Waals surface area contributed by atoms with Crippen LogP contribution in [-0.4, -0.2) is 12.1 Å². The standard InChI is InChI=1S/C11H6ClFN2O/c1-16-8-3-2-7(13)11-9(8)10(12)6(4-14)5-15-11/h2-3,5H,1H3. The molecule has 0 radical (unpaired) electrons. The van der Waals surface area contributed by atoms with Gasteiger partial charge in [0.25, 0.3) is 0 Å². The zero-order chi connectivity index (χ0) is 11.7. The molecule has 0 aliphatic rings. The lowest BCUT2D eigenvalue weighted by Crippen LogP contribution is -1.92.